The molecule has 1 aromatic carbocycles. The van der Waals surface area contributed by atoms with Crippen LogP contribution in [0.25, 0.3) is 0 Å². The molecule has 2 aliphatic rings. The number of H-pyrrole nitrogens is 1. The van der Waals surface area contributed by atoms with Crippen LogP contribution in [0, 0.1) is 12.8 Å². The lowest BCUT2D eigenvalue weighted by Crippen LogP contribution is -2.44. The Kier molecular flexibility index (Phi) is 5.07. The van der Waals surface area contributed by atoms with E-state index in [-0.39, 0.29) is 23.3 Å². The van der Waals surface area contributed by atoms with Gasteiger partial charge in [0.15, 0.2) is 0 Å². The molecule has 2 aromatic rings. The smallest absolute Gasteiger partial charge is 0.251 e. The molecule has 1 amide bonds. The van der Waals surface area contributed by atoms with Crippen LogP contribution in [0.4, 0.5) is 0 Å². The highest BCUT2D eigenvalue weighted by atomic mass is 16.5. The third kappa shape index (κ3) is 3.74. The van der Waals surface area contributed by atoms with Gasteiger partial charge in [0.2, 0.25) is 5.91 Å². The second-order valence-electron chi connectivity index (χ2n) is 7.54. The van der Waals surface area contributed by atoms with Gasteiger partial charge in [0.05, 0.1) is 18.7 Å². The summed E-state index contributed by atoms with van der Waals surface area (Å²) in [5.74, 6) is 2.43. The summed E-state index contributed by atoms with van der Waals surface area (Å²) in [5, 5.41) is 0. The minimum atomic E-state index is -0.170. The lowest BCUT2D eigenvalue weighted by Gasteiger charge is -2.35. The van der Waals surface area contributed by atoms with Crippen molar-refractivity contribution in [2.24, 2.45) is 5.92 Å². The molecule has 28 heavy (non-hydrogen) atoms. The number of benzene rings is 1. The van der Waals surface area contributed by atoms with E-state index in [0.717, 1.165) is 35.6 Å². The van der Waals surface area contributed by atoms with E-state index in [1.54, 1.807) is 20.1 Å². The first-order valence-corrected chi connectivity index (χ1v) is 9.70. The molecule has 1 aromatic heterocycles. The second kappa shape index (κ2) is 7.66. The SMILES string of the molecule is COc1ccc2c(c1)CC(C(=O)N1CCC(c3cc(=O)[nH]c(C)n3)CC1)CO2. The second-order valence-corrected chi connectivity index (χ2v) is 7.54. The Labute approximate surface area is 163 Å². The zero-order valence-corrected chi connectivity index (χ0v) is 16.2. The van der Waals surface area contributed by atoms with E-state index in [0.29, 0.717) is 31.9 Å². The molecule has 2 aliphatic heterocycles. The zero-order valence-electron chi connectivity index (χ0n) is 16.2. The van der Waals surface area contributed by atoms with E-state index < -0.39 is 0 Å². The van der Waals surface area contributed by atoms with E-state index in [1.807, 2.05) is 23.1 Å². The zero-order chi connectivity index (χ0) is 19.7. The molecule has 4 rings (SSSR count). The van der Waals surface area contributed by atoms with Gasteiger partial charge in [-0.3, -0.25) is 9.59 Å². The number of aryl methyl sites for hydroxylation is 1. The van der Waals surface area contributed by atoms with Gasteiger partial charge >= 0.3 is 0 Å². The van der Waals surface area contributed by atoms with Gasteiger partial charge < -0.3 is 19.4 Å². The number of nitrogens with one attached hydrogen (secondary N) is 1. The number of carbonyl (C=O) groups is 1. The highest BCUT2D eigenvalue weighted by Crippen LogP contribution is 2.32. The van der Waals surface area contributed by atoms with Crippen molar-refractivity contribution < 1.29 is 14.3 Å². The molecule has 0 radical (unpaired) electrons. The van der Waals surface area contributed by atoms with Gasteiger partial charge in [-0.25, -0.2) is 4.98 Å². The minimum Gasteiger partial charge on any atom is -0.497 e. The maximum Gasteiger partial charge on any atom is 0.251 e. The van der Waals surface area contributed by atoms with Gasteiger partial charge in [0.25, 0.3) is 5.56 Å². The van der Waals surface area contributed by atoms with Crippen LogP contribution in [0.15, 0.2) is 29.1 Å². The quantitative estimate of drug-likeness (QED) is 0.877. The topological polar surface area (TPSA) is 84.5 Å². The summed E-state index contributed by atoms with van der Waals surface area (Å²) in [6.45, 7) is 3.56. The minimum absolute atomic E-state index is 0.116. The lowest BCUT2D eigenvalue weighted by atomic mass is 9.90. The number of fused-ring (bicyclic) bond motifs is 1. The van der Waals surface area contributed by atoms with Crippen molar-refractivity contribution in [3.63, 3.8) is 0 Å². The van der Waals surface area contributed by atoms with Crippen molar-refractivity contribution in [2.45, 2.75) is 32.1 Å². The molecule has 0 aliphatic carbocycles. The normalized spacial score (nSPS) is 19.6. The Balaban J connectivity index is 1.39. The predicted molar refractivity (Wildman–Crippen MR) is 104 cm³/mol. The number of hydrogen-bond donors (Lipinski definition) is 1. The van der Waals surface area contributed by atoms with Gasteiger partial charge in [-0.2, -0.15) is 0 Å². The highest BCUT2D eigenvalue weighted by molar-refractivity contribution is 5.80. The number of amides is 1. The molecular formula is C21H25N3O4. The Morgan fingerprint density at radius 3 is 2.79 bits per heavy atom. The van der Waals surface area contributed by atoms with E-state index in [2.05, 4.69) is 9.97 Å². The van der Waals surface area contributed by atoms with Gasteiger partial charge in [-0.15, -0.1) is 0 Å². The summed E-state index contributed by atoms with van der Waals surface area (Å²) in [7, 11) is 1.63. The number of hydrogen-bond acceptors (Lipinski definition) is 5. The summed E-state index contributed by atoms with van der Waals surface area (Å²) >= 11 is 0. The number of methoxy groups -OCH3 is 1. The van der Waals surface area contributed by atoms with Crippen LogP contribution in [0.2, 0.25) is 0 Å². The van der Waals surface area contributed by atoms with E-state index in [1.165, 1.54) is 0 Å². The molecule has 1 atom stereocenters. The summed E-state index contributed by atoms with van der Waals surface area (Å²) < 4.78 is 11.1. The predicted octanol–water partition coefficient (Wildman–Crippen LogP) is 2.04. The number of carbonyl (C=O) groups excluding carboxylic acids is 1. The largest absolute Gasteiger partial charge is 0.497 e. The number of rotatable bonds is 3. The fourth-order valence-corrected chi connectivity index (χ4v) is 4.12. The summed E-state index contributed by atoms with van der Waals surface area (Å²) in [6.07, 6.45) is 2.30. The molecule has 148 valence electrons. The first kappa shape index (κ1) is 18.5. The molecule has 3 heterocycles. The van der Waals surface area contributed by atoms with Gasteiger partial charge in [0, 0.05) is 25.1 Å². The van der Waals surface area contributed by atoms with Crippen molar-refractivity contribution in [3.05, 3.63) is 51.7 Å². The Bertz CT molecular complexity index is 931. The third-order valence-electron chi connectivity index (χ3n) is 5.63. The Morgan fingerprint density at radius 2 is 2.07 bits per heavy atom. The number of likely N-dealkylation sites (tertiary alicyclic amines) is 1. The molecule has 0 saturated carbocycles. The molecule has 7 nitrogen and oxygen atoms in total. The molecule has 1 N–H and O–H groups in total. The molecule has 1 saturated heterocycles. The van der Waals surface area contributed by atoms with E-state index >= 15 is 0 Å². The van der Waals surface area contributed by atoms with Crippen LogP contribution in [-0.2, 0) is 11.2 Å². The number of nitrogens with zero attached hydrogens (tertiary/aromatic N) is 2. The maximum absolute atomic E-state index is 13.0. The molecule has 1 unspecified atom stereocenters. The van der Waals surface area contributed by atoms with Crippen LogP contribution < -0.4 is 15.0 Å². The van der Waals surface area contributed by atoms with Crippen molar-refractivity contribution in [2.75, 3.05) is 26.8 Å². The molecule has 0 bridgehead atoms. The van der Waals surface area contributed by atoms with E-state index in [4.69, 9.17) is 9.47 Å². The Morgan fingerprint density at radius 1 is 1.29 bits per heavy atom. The summed E-state index contributed by atoms with van der Waals surface area (Å²) in [4.78, 5) is 33.8. The summed E-state index contributed by atoms with van der Waals surface area (Å²) in [5.41, 5.74) is 1.73. The van der Waals surface area contributed by atoms with Crippen molar-refractivity contribution in [3.8, 4) is 11.5 Å². The fourth-order valence-electron chi connectivity index (χ4n) is 4.12. The molecule has 0 spiro atoms. The van der Waals surface area contributed by atoms with Gasteiger partial charge in [0.1, 0.15) is 23.9 Å². The number of aromatic amines is 1. The molecule has 1 fully saturated rings. The Hall–Kier alpha value is -2.83. The average molecular weight is 383 g/mol. The van der Waals surface area contributed by atoms with Crippen LogP contribution in [0.3, 0.4) is 0 Å². The number of ether oxygens (including phenoxy) is 2. The first-order valence-electron chi connectivity index (χ1n) is 9.70. The number of aromatic nitrogens is 2. The van der Waals surface area contributed by atoms with Crippen LogP contribution in [-0.4, -0.2) is 47.6 Å². The summed E-state index contributed by atoms with van der Waals surface area (Å²) in [6, 6.07) is 7.30. The maximum atomic E-state index is 13.0. The third-order valence-corrected chi connectivity index (χ3v) is 5.63. The molecular weight excluding hydrogens is 358 g/mol. The van der Waals surface area contributed by atoms with Crippen LogP contribution >= 0.6 is 0 Å². The van der Waals surface area contributed by atoms with Crippen LogP contribution in [0.1, 0.15) is 35.8 Å². The standard InChI is InChI=1S/C21H25N3O4/c1-13-22-18(11-20(25)23-13)14-5-7-24(8-6-14)21(26)16-9-15-10-17(27-2)3-4-19(15)28-12-16/h3-4,10-11,14,16H,5-9,12H2,1-2H3,(H,22,23,25). The highest BCUT2D eigenvalue weighted by Gasteiger charge is 2.32. The van der Waals surface area contributed by atoms with Gasteiger partial charge in [-0.1, -0.05) is 0 Å². The van der Waals surface area contributed by atoms with Crippen molar-refractivity contribution in [1.82, 2.24) is 14.9 Å². The lowest BCUT2D eigenvalue weighted by molar-refractivity contribution is -0.138. The number of piperidine rings is 1. The monoisotopic (exact) mass is 383 g/mol. The van der Waals surface area contributed by atoms with Crippen molar-refractivity contribution >= 4 is 5.91 Å². The van der Waals surface area contributed by atoms with Crippen molar-refractivity contribution in [1.29, 1.82) is 0 Å². The first-order chi connectivity index (χ1) is 13.5. The van der Waals surface area contributed by atoms with E-state index in [9.17, 15) is 9.59 Å². The average Bonchev–Trinajstić information content (AvgIpc) is 2.71. The molecule has 7 heteroatoms. The fraction of sp³-hybridized carbons (Fsp3) is 0.476. The van der Waals surface area contributed by atoms with Crippen LogP contribution in [0.5, 0.6) is 11.5 Å². The van der Waals surface area contributed by atoms with Gasteiger partial charge in [-0.05, 0) is 49.9 Å².